The Hall–Kier alpha value is -3.28. The molecule has 4 heterocycles. The van der Waals surface area contributed by atoms with Crippen molar-refractivity contribution < 1.29 is 18.8 Å². The SMILES string of the molecule is CNc1cc(Nc2cccn(C3CC(OC)C3)c2=O)nn2c(C(=O)[N+](C)(C)[C@@H]3C[C@H]4CCO[C@H]43)cnc12. The van der Waals surface area contributed by atoms with Crippen molar-refractivity contribution in [2.24, 2.45) is 5.92 Å². The minimum absolute atomic E-state index is 0.0714. The predicted octanol–water partition coefficient (Wildman–Crippen LogP) is 2.42. The van der Waals surface area contributed by atoms with Crippen LogP contribution in [0.3, 0.4) is 0 Å². The van der Waals surface area contributed by atoms with Crippen LogP contribution in [0.5, 0.6) is 0 Å². The Labute approximate surface area is 215 Å². The first-order valence-corrected chi connectivity index (χ1v) is 12.9. The number of imidazole rings is 1. The van der Waals surface area contributed by atoms with E-state index in [2.05, 4.69) is 15.6 Å². The van der Waals surface area contributed by atoms with Crippen LogP contribution in [0, 0.1) is 5.92 Å². The van der Waals surface area contributed by atoms with E-state index in [1.807, 2.05) is 26.4 Å². The van der Waals surface area contributed by atoms with Crippen molar-refractivity contribution in [3.8, 4) is 0 Å². The fourth-order valence-electron chi connectivity index (χ4n) is 6.01. The van der Waals surface area contributed by atoms with Crippen LogP contribution in [0.4, 0.5) is 17.2 Å². The quantitative estimate of drug-likeness (QED) is 0.468. The number of rotatable bonds is 7. The number of nitrogens with zero attached hydrogens (tertiary/aromatic N) is 5. The van der Waals surface area contributed by atoms with Crippen LogP contribution >= 0.6 is 0 Å². The molecule has 2 N–H and O–H groups in total. The average Bonchev–Trinajstić information content (AvgIpc) is 3.42. The number of carbonyl (C=O) groups excluding carboxylic acids is 1. The van der Waals surface area contributed by atoms with Gasteiger partial charge in [-0.3, -0.25) is 9.28 Å². The largest absolute Gasteiger partial charge is 0.385 e. The highest BCUT2D eigenvalue weighted by Crippen LogP contribution is 2.43. The smallest absolute Gasteiger partial charge is 0.366 e. The zero-order valence-corrected chi connectivity index (χ0v) is 21.7. The van der Waals surface area contributed by atoms with Gasteiger partial charge >= 0.3 is 5.91 Å². The van der Waals surface area contributed by atoms with E-state index in [0.717, 1.165) is 32.3 Å². The van der Waals surface area contributed by atoms with E-state index in [4.69, 9.17) is 14.6 Å². The van der Waals surface area contributed by atoms with Crippen LogP contribution in [0.15, 0.2) is 35.4 Å². The number of methoxy groups -OCH3 is 1. The molecule has 6 rings (SSSR count). The second kappa shape index (κ2) is 8.93. The summed E-state index contributed by atoms with van der Waals surface area (Å²) in [5.74, 6) is 0.922. The number of pyridine rings is 1. The number of fused-ring (bicyclic) bond motifs is 2. The van der Waals surface area contributed by atoms with E-state index in [0.29, 0.717) is 34.5 Å². The highest BCUT2D eigenvalue weighted by molar-refractivity contribution is 5.89. The number of anilines is 3. The average molecular weight is 509 g/mol. The van der Waals surface area contributed by atoms with Gasteiger partial charge in [0, 0.05) is 45.5 Å². The molecule has 0 radical (unpaired) electrons. The fourth-order valence-corrected chi connectivity index (χ4v) is 6.01. The van der Waals surface area contributed by atoms with Gasteiger partial charge in [-0.2, -0.15) is 4.52 Å². The molecule has 1 aliphatic heterocycles. The van der Waals surface area contributed by atoms with Crippen molar-refractivity contribution in [3.63, 3.8) is 0 Å². The van der Waals surface area contributed by atoms with Gasteiger partial charge in [-0.05, 0) is 37.3 Å². The number of quaternary nitrogens is 1. The van der Waals surface area contributed by atoms with Crippen LogP contribution < -0.4 is 16.2 Å². The highest BCUT2D eigenvalue weighted by atomic mass is 16.5. The molecule has 1 saturated heterocycles. The van der Waals surface area contributed by atoms with Gasteiger partial charge in [-0.15, -0.1) is 5.10 Å². The summed E-state index contributed by atoms with van der Waals surface area (Å²) in [5.41, 5.74) is 1.94. The Bertz CT molecular complexity index is 1410. The molecule has 3 aromatic rings. The van der Waals surface area contributed by atoms with Crippen molar-refractivity contribution in [1.82, 2.24) is 19.2 Å². The Morgan fingerprint density at radius 1 is 1.24 bits per heavy atom. The third-order valence-electron chi connectivity index (χ3n) is 8.53. The zero-order chi connectivity index (χ0) is 25.9. The van der Waals surface area contributed by atoms with Gasteiger partial charge in [-0.1, -0.05) is 0 Å². The third-order valence-corrected chi connectivity index (χ3v) is 8.53. The molecule has 1 amide bonds. The van der Waals surface area contributed by atoms with Crippen molar-refractivity contribution in [1.29, 1.82) is 0 Å². The van der Waals surface area contributed by atoms with Crippen molar-refractivity contribution in [2.45, 2.75) is 50.0 Å². The first-order chi connectivity index (χ1) is 17.8. The molecule has 0 aromatic carbocycles. The minimum atomic E-state index is -0.120. The van der Waals surface area contributed by atoms with Crippen LogP contribution in [0.1, 0.15) is 42.2 Å². The van der Waals surface area contributed by atoms with Gasteiger partial charge < -0.3 is 24.7 Å². The summed E-state index contributed by atoms with van der Waals surface area (Å²) in [4.78, 5) is 31.5. The van der Waals surface area contributed by atoms with Crippen molar-refractivity contribution in [2.75, 3.05) is 45.5 Å². The van der Waals surface area contributed by atoms with Gasteiger partial charge in [0.1, 0.15) is 17.8 Å². The molecule has 0 bridgehead atoms. The van der Waals surface area contributed by atoms with E-state index in [1.54, 1.807) is 41.6 Å². The second-order valence-electron chi connectivity index (χ2n) is 10.8. The lowest BCUT2D eigenvalue weighted by molar-refractivity contribution is -0.848. The van der Waals surface area contributed by atoms with Crippen molar-refractivity contribution >= 4 is 28.7 Å². The summed E-state index contributed by atoms with van der Waals surface area (Å²) in [6.07, 6.45) is 7.40. The van der Waals surface area contributed by atoms with Gasteiger partial charge in [-0.25, -0.2) is 9.78 Å². The van der Waals surface area contributed by atoms with Gasteiger partial charge in [0.05, 0.1) is 32.1 Å². The molecule has 196 valence electrons. The number of amides is 1. The highest BCUT2D eigenvalue weighted by Gasteiger charge is 2.56. The summed E-state index contributed by atoms with van der Waals surface area (Å²) in [6, 6.07) is 5.62. The van der Waals surface area contributed by atoms with Crippen LogP contribution in [-0.2, 0) is 9.47 Å². The maximum atomic E-state index is 13.8. The van der Waals surface area contributed by atoms with Crippen molar-refractivity contribution in [3.05, 3.63) is 46.6 Å². The van der Waals surface area contributed by atoms with E-state index < -0.39 is 0 Å². The molecule has 3 fully saturated rings. The molecule has 3 atom stereocenters. The first-order valence-electron chi connectivity index (χ1n) is 12.9. The lowest BCUT2D eigenvalue weighted by Crippen LogP contribution is -2.65. The molecule has 2 aliphatic carbocycles. The normalized spacial score (nSPS) is 26.9. The maximum Gasteiger partial charge on any atom is 0.366 e. The second-order valence-corrected chi connectivity index (χ2v) is 10.8. The molecular formula is C26H34N7O4+. The lowest BCUT2D eigenvalue weighted by atomic mass is 9.75. The number of aromatic nitrogens is 4. The van der Waals surface area contributed by atoms with E-state index >= 15 is 0 Å². The summed E-state index contributed by atoms with van der Waals surface area (Å²) >= 11 is 0. The standard InChI is InChI=1S/C26H34N7O4/c1-27-19-13-22(29-18-6-5-8-31(25(18)34)16-11-17(12-16)36-4)30-32-20(14-28-24(19)32)26(35)33(2,3)21-10-15-7-9-37-23(15)21/h5-6,8,13-17,21,23,27H,7,9-12H2,1-4H3,(H,29,30)/q+1/t15-,16?,17?,21-,23-/m1/s1. The van der Waals surface area contributed by atoms with E-state index in [-0.39, 0.29) is 40.2 Å². The first kappa shape index (κ1) is 24.1. The summed E-state index contributed by atoms with van der Waals surface area (Å²) in [7, 11) is 7.36. The van der Waals surface area contributed by atoms with Crippen LogP contribution in [0.2, 0.25) is 0 Å². The topological polar surface area (TPSA) is 112 Å². The molecule has 0 unspecified atom stereocenters. The number of ether oxygens (including phenoxy) is 2. The third kappa shape index (κ3) is 3.84. The van der Waals surface area contributed by atoms with E-state index in [1.165, 1.54) is 0 Å². The molecule has 3 aliphatic rings. The zero-order valence-electron chi connectivity index (χ0n) is 21.7. The van der Waals surface area contributed by atoms with Crippen LogP contribution in [0.25, 0.3) is 5.65 Å². The summed E-state index contributed by atoms with van der Waals surface area (Å²) in [6.45, 7) is 0.770. The molecule has 3 aromatic heterocycles. The fraction of sp³-hybridized carbons (Fsp3) is 0.538. The monoisotopic (exact) mass is 508 g/mol. The van der Waals surface area contributed by atoms with E-state index in [9.17, 15) is 9.59 Å². The number of likely N-dealkylation sites (N-methyl/N-ethyl adjacent to an activating group) is 1. The number of hydrogen-bond donors (Lipinski definition) is 2. The number of carbonyl (C=O) groups is 1. The lowest BCUT2D eigenvalue weighted by Gasteiger charge is -2.47. The minimum Gasteiger partial charge on any atom is -0.385 e. The maximum absolute atomic E-state index is 13.8. The molecule has 0 spiro atoms. The summed E-state index contributed by atoms with van der Waals surface area (Å²) in [5, 5.41) is 11.0. The molecule has 11 nitrogen and oxygen atoms in total. The predicted molar refractivity (Wildman–Crippen MR) is 138 cm³/mol. The Morgan fingerprint density at radius 3 is 2.78 bits per heavy atom. The molecular weight excluding hydrogens is 474 g/mol. The summed E-state index contributed by atoms with van der Waals surface area (Å²) < 4.78 is 14.8. The van der Waals surface area contributed by atoms with Gasteiger partial charge in [0.25, 0.3) is 5.56 Å². The molecule has 2 saturated carbocycles. The van der Waals surface area contributed by atoms with Crippen LogP contribution in [-0.4, -0.2) is 82.7 Å². The molecule has 11 heteroatoms. The Balaban J connectivity index is 1.31. The molecule has 37 heavy (non-hydrogen) atoms. The Morgan fingerprint density at radius 2 is 2.05 bits per heavy atom. The Kier molecular flexibility index (Phi) is 5.81. The number of nitrogens with one attached hydrogen (secondary N) is 2. The number of hydrogen-bond acceptors (Lipinski definition) is 8. The van der Waals surface area contributed by atoms with Gasteiger partial charge in [0.2, 0.25) is 0 Å². The van der Waals surface area contributed by atoms with Gasteiger partial charge in [0.15, 0.2) is 17.2 Å².